The molecule has 2 N–H and O–H groups in total. The molecule has 8 atom stereocenters. The number of fused-ring (bicyclic) bond motifs is 1. The van der Waals surface area contributed by atoms with Crippen LogP contribution in [-0.2, 0) is 23.9 Å². The van der Waals surface area contributed by atoms with Gasteiger partial charge in [0, 0.05) is 29.4 Å². The maximum atomic E-state index is 14.1. The van der Waals surface area contributed by atoms with Crippen LogP contribution in [0.3, 0.4) is 0 Å². The molecule has 8 nitrogen and oxygen atoms in total. The van der Waals surface area contributed by atoms with Gasteiger partial charge in [-0.1, -0.05) is 19.9 Å². The number of furan rings is 1. The molecule has 0 bridgehead atoms. The Hall–Kier alpha value is -2.45. The number of epoxide rings is 1. The Morgan fingerprint density at radius 3 is 2.50 bits per heavy atom. The highest BCUT2D eigenvalue weighted by molar-refractivity contribution is 5.93. The summed E-state index contributed by atoms with van der Waals surface area (Å²) in [7, 11) is 0. The van der Waals surface area contributed by atoms with Crippen molar-refractivity contribution in [2.24, 2.45) is 28.1 Å². The van der Waals surface area contributed by atoms with Crippen molar-refractivity contribution in [2.75, 3.05) is 0 Å². The monoisotopic (exact) mass is 472 g/mol. The van der Waals surface area contributed by atoms with Crippen LogP contribution in [0.5, 0.6) is 0 Å². The van der Waals surface area contributed by atoms with E-state index in [1.165, 1.54) is 6.26 Å². The maximum Gasteiger partial charge on any atom is 0.339 e. The first kappa shape index (κ1) is 23.3. The zero-order chi connectivity index (χ0) is 24.9. The molecule has 34 heavy (non-hydrogen) atoms. The number of aliphatic hydroxyl groups is 1. The molecule has 4 fully saturated rings. The molecular formula is C26H32O8. The van der Waals surface area contributed by atoms with Crippen LogP contribution in [0, 0.1) is 28.1 Å². The van der Waals surface area contributed by atoms with Gasteiger partial charge in [-0.05, 0) is 51.0 Å². The fourth-order valence-corrected chi connectivity index (χ4v) is 8.15. The van der Waals surface area contributed by atoms with Crippen molar-refractivity contribution in [1.29, 1.82) is 0 Å². The number of Topliss-reactive ketones (excluding diaryl/α,β-unsaturated/α-hetero) is 1. The molecule has 5 rings (SSSR count). The Bertz CT molecular complexity index is 1080. The van der Waals surface area contributed by atoms with E-state index in [0.717, 1.165) is 11.6 Å². The minimum absolute atomic E-state index is 0.0519. The fourth-order valence-electron chi connectivity index (χ4n) is 8.15. The second-order valence-electron chi connectivity index (χ2n) is 11.7. The van der Waals surface area contributed by atoms with Crippen LogP contribution < -0.4 is 0 Å². The van der Waals surface area contributed by atoms with Crippen LogP contribution in [0.25, 0.3) is 0 Å². The van der Waals surface area contributed by atoms with Crippen molar-refractivity contribution < 1.29 is 38.5 Å². The summed E-state index contributed by atoms with van der Waals surface area (Å²) in [4.78, 5) is 38.6. The average Bonchev–Trinajstić information content (AvgIpc) is 3.31. The number of carboxylic acids is 1. The van der Waals surface area contributed by atoms with E-state index < -0.39 is 57.5 Å². The van der Waals surface area contributed by atoms with Gasteiger partial charge >= 0.3 is 11.9 Å². The SMILES string of the molecule is CC(C)(O)[C@@H]1CC(=O)[C@]2(C)[C@H](CC[C@@]3(C)[C@H](c4ccoc4)OC(=O)[C@H]4O[C@]432)[C@]1(C)/C=C/C(=O)O. The summed E-state index contributed by atoms with van der Waals surface area (Å²) in [6.45, 7) is 9.13. The topological polar surface area (TPSA) is 127 Å². The quantitative estimate of drug-likeness (QED) is 0.388. The number of carboxylic acid groups (broad SMARTS) is 1. The zero-order valence-corrected chi connectivity index (χ0v) is 20.2. The van der Waals surface area contributed by atoms with E-state index in [0.29, 0.717) is 12.8 Å². The van der Waals surface area contributed by atoms with Crippen molar-refractivity contribution in [3.63, 3.8) is 0 Å². The second kappa shape index (κ2) is 6.82. The average molecular weight is 473 g/mol. The van der Waals surface area contributed by atoms with E-state index >= 15 is 0 Å². The summed E-state index contributed by atoms with van der Waals surface area (Å²) in [5.74, 6) is -2.50. The number of ether oxygens (including phenoxy) is 2. The number of hydrogen-bond donors (Lipinski definition) is 2. The Morgan fingerprint density at radius 2 is 1.91 bits per heavy atom. The number of hydrogen-bond acceptors (Lipinski definition) is 7. The molecule has 1 aromatic rings. The summed E-state index contributed by atoms with van der Waals surface area (Å²) in [5, 5.41) is 20.5. The number of esters is 1. The van der Waals surface area contributed by atoms with Crippen LogP contribution in [0.1, 0.15) is 65.5 Å². The highest BCUT2D eigenvalue weighted by Gasteiger charge is 2.88. The third-order valence-corrected chi connectivity index (χ3v) is 9.67. The Labute approximate surface area is 198 Å². The van der Waals surface area contributed by atoms with E-state index in [1.54, 1.807) is 32.3 Å². The van der Waals surface area contributed by atoms with Crippen LogP contribution in [0.15, 0.2) is 35.2 Å². The number of aliphatic carboxylic acids is 1. The molecular weight excluding hydrogens is 440 g/mol. The maximum absolute atomic E-state index is 14.1. The zero-order valence-electron chi connectivity index (χ0n) is 20.2. The van der Waals surface area contributed by atoms with Gasteiger partial charge in [-0.3, -0.25) is 4.79 Å². The summed E-state index contributed by atoms with van der Waals surface area (Å²) in [5.41, 5.74) is -4.17. The molecule has 0 aromatic carbocycles. The normalized spacial score (nSPS) is 45.8. The van der Waals surface area contributed by atoms with Crippen molar-refractivity contribution in [1.82, 2.24) is 0 Å². The Balaban J connectivity index is 1.69. The lowest BCUT2D eigenvalue weighted by atomic mass is 9.37. The Morgan fingerprint density at radius 1 is 1.21 bits per heavy atom. The number of carbonyl (C=O) groups excluding carboxylic acids is 2. The van der Waals surface area contributed by atoms with Crippen LogP contribution in [-0.4, -0.2) is 45.2 Å². The van der Waals surface area contributed by atoms with Crippen LogP contribution >= 0.6 is 0 Å². The van der Waals surface area contributed by atoms with Gasteiger partial charge in [0.25, 0.3) is 0 Å². The molecule has 1 spiro atoms. The van der Waals surface area contributed by atoms with Crippen molar-refractivity contribution in [3.8, 4) is 0 Å². The van der Waals surface area contributed by atoms with Gasteiger partial charge in [-0.15, -0.1) is 0 Å². The lowest BCUT2D eigenvalue weighted by Crippen LogP contribution is -2.71. The summed E-state index contributed by atoms with van der Waals surface area (Å²) in [6, 6.07) is 1.76. The molecule has 3 heterocycles. The molecule has 2 saturated heterocycles. The number of rotatable bonds is 4. The fraction of sp³-hybridized carbons (Fsp3) is 0.654. The minimum Gasteiger partial charge on any atom is -0.478 e. The predicted molar refractivity (Wildman–Crippen MR) is 118 cm³/mol. The summed E-state index contributed by atoms with van der Waals surface area (Å²) in [6.07, 6.45) is 5.56. The molecule has 8 heteroatoms. The van der Waals surface area contributed by atoms with E-state index in [4.69, 9.17) is 13.9 Å². The number of carbonyl (C=O) groups is 3. The number of ketones is 1. The van der Waals surface area contributed by atoms with Gasteiger partial charge in [-0.2, -0.15) is 0 Å². The van der Waals surface area contributed by atoms with Crippen molar-refractivity contribution >= 4 is 17.7 Å². The highest BCUT2D eigenvalue weighted by Crippen LogP contribution is 2.78. The van der Waals surface area contributed by atoms with Crippen molar-refractivity contribution in [3.05, 3.63) is 36.3 Å². The van der Waals surface area contributed by atoms with Gasteiger partial charge in [0.2, 0.25) is 0 Å². The second-order valence-corrected chi connectivity index (χ2v) is 11.7. The number of cyclic esters (lactones) is 1. The van der Waals surface area contributed by atoms with Gasteiger partial charge in [0.05, 0.1) is 23.5 Å². The van der Waals surface area contributed by atoms with Gasteiger partial charge < -0.3 is 24.1 Å². The third-order valence-electron chi connectivity index (χ3n) is 9.67. The van der Waals surface area contributed by atoms with Gasteiger partial charge in [-0.25, -0.2) is 9.59 Å². The summed E-state index contributed by atoms with van der Waals surface area (Å²) < 4.78 is 17.4. The standard InChI is InChI=1S/C26H32O8/c1-22(2,31)16-12-17(27)25(5)15(23(16,3)9-7-18(28)29)6-10-24(4)19(14-8-11-32-13-14)33-21(30)20-26(24,25)34-20/h7-9,11,13,15-16,19-20,31H,6,10,12H2,1-5H3,(H,28,29)/b9-7+/t15-,16+,19+,20-,23+,24+,25+,26-/m1/s1. The predicted octanol–water partition coefficient (Wildman–Crippen LogP) is 3.44. The molecule has 0 amide bonds. The van der Waals surface area contributed by atoms with Gasteiger partial charge in [0.15, 0.2) is 6.10 Å². The molecule has 0 radical (unpaired) electrons. The molecule has 0 unspecified atom stereocenters. The largest absolute Gasteiger partial charge is 0.478 e. The first-order chi connectivity index (χ1) is 15.7. The van der Waals surface area contributed by atoms with E-state index in [2.05, 4.69) is 0 Å². The Kier molecular flexibility index (Phi) is 4.67. The van der Waals surface area contributed by atoms with Crippen LogP contribution in [0.4, 0.5) is 0 Å². The lowest BCUT2D eigenvalue weighted by molar-refractivity contribution is -0.213. The molecule has 2 saturated carbocycles. The number of allylic oxidation sites excluding steroid dienone is 1. The molecule has 184 valence electrons. The van der Waals surface area contributed by atoms with Crippen LogP contribution in [0.2, 0.25) is 0 Å². The van der Waals surface area contributed by atoms with Crippen molar-refractivity contribution in [2.45, 2.75) is 77.3 Å². The smallest absolute Gasteiger partial charge is 0.339 e. The third kappa shape index (κ3) is 2.64. The molecule has 4 aliphatic rings. The molecule has 2 aliphatic carbocycles. The lowest BCUT2D eigenvalue weighted by Gasteiger charge is -2.65. The molecule has 2 aliphatic heterocycles. The van der Waals surface area contributed by atoms with Gasteiger partial charge in [0.1, 0.15) is 17.5 Å². The van der Waals surface area contributed by atoms with E-state index in [1.807, 2.05) is 20.8 Å². The summed E-state index contributed by atoms with van der Waals surface area (Å²) >= 11 is 0. The molecule has 1 aromatic heterocycles. The minimum atomic E-state index is -1.22. The first-order valence-electron chi connectivity index (χ1n) is 11.8. The van der Waals surface area contributed by atoms with E-state index in [-0.39, 0.29) is 18.1 Å². The van der Waals surface area contributed by atoms with E-state index in [9.17, 15) is 24.6 Å². The first-order valence-corrected chi connectivity index (χ1v) is 11.8. The highest BCUT2D eigenvalue weighted by atomic mass is 16.7.